The molecule has 1 atom stereocenters. The van der Waals surface area contributed by atoms with Gasteiger partial charge in [-0.1, -0.05) is 0 Å². The SMILES string of the molecule is CN(CC1CCCCO1)C(=O)CCN.Cl. The number of amides is 1. The van der Waals surface area contributed by atoms with Crippen LogP contribution in [-0.2, 0) is 9.53 Å². The molecule has 1 saturated heterocycles. The molecule has 2 N–H and O–H groups in total. The second-order valence-corrected chi connectivity index (χ2v) is 3.80. The molecule has 0 bridgehead atoms. The van der Waals surface area contributed by atoms with Crippen LogP contribution in [-0.4, -0.2) is 43.7 Å². The Labute approximate surface area is 97.5 Å². The minimum Gasteiger partial charge on any atom is -0.376 e. The Bertz CT molecular complexity index is 184. The number of nitrogens with zero attached hydrogens (tertiary/aromatic N) is 1. The van der Waals surface area contributed by atoms with E-state index in [0.717, 1.165) is 19.4 Å². The van der Waals surface area contributed by atoms with Gasteiger partial charge in [0.2, 0.25) is 5.91 Å². The number of hydrogen-bond acceptors (Lipinski definition) is 3. The van der Waals surface area contributed by atoms with Crippen LogP contribution < -0.4 is 5.73 Å². The van der Waals surface area contributed by atoms with E-state index in [9.17, 15) is 4.79 Å². The first-order chi connectivity index (χ1) is 6.74. The zero-order valence-electron chi connectivity index (χ0n) is 9.28. The highest BCUT2D eigenvalue weighted by atomic mass is 35.5. The minimum atomic E-state index is 0. The summed E-state index contributed by atoms with van der Waals surface area (Å²) in [6.45, 7) is 1.97. The van der Waals surface area contributed by atoms with Gasteiger partial charge < -0.3 is 15.4 Å². The Balaban J connectivity index is 0.00000196. The molecule has 0 aromatic carbocycles. The summed E-state index contributed by atoms with van der Waals surface area (Å²) in [7, 11) is 1.82. The van der Waals surface area contributed by atoms with Crippen molar-refractivity contribution in [3.63, 3.8) is 0 Å². The maximum Gasteiger partial charge on any atom is 0.223 e. The van der Waals surface area contributed by atoms with Gasteiger partial charge in [-0.25, -0.2) is 0 Å². The topological polar surface area (TPSA) is 55.6 Å². The molecule has 1 aliphatic heterocycles. The predicted octanol–water partition coefficient (Wildman–Crippen LogP) is 0.784. The molecule has 4 nitrogen and oxygen atoms in total. The maximum atomic E-state index is 11.4. The Hall–Kier alpha value is -0.320. The number of nitrogens with two attached hydrogens (primary N) is 1. The summed E-state index contributed by atoms with van der Waals surface area (Å²) in [5.74, 6) is 0.113. The van der Waals surface area contributed by atoms with Crippen molar-refractivity contribution in [1.29, 1.82) is 0 Å². The summed E-state index contributed by atoms with van der Waals surface area (Å²) in [5.41, 5.74) is 5.32. The molecule has 0 aliphatic carbocycles. The first kappa shape index (κ1) is 14.7. The van der Waals surface area contributed by atoms with Crippen molar-refractivity contribution in [1.82, 2.24) is 4.90 Å². The van der Waals surface area contributed by atoms with Crippen LogP contribution >= 0.6 is 12.4 Å². The van der Waals surface area contributed by atoms with Gasteiger partial charge in [-0.05, 0) is 19.3 Å². The molecule has 1 unspecified atom stereocenters. The van der Waals surface area contributed by atoms with E-state index in [1.165, 1.54) is 6.42 Å². The predicted molar refractivity (Wildman–Crippen MR) is 62.1 cm³/mol. The Morgan fingerprint density at radius 3 is 2.80 bits per heavy atom. The van der Waals surface area contributed by atoms with Crippen molar-refractivity contribution in [3.8, 4) is 0 Å². The van der Waals surface area contributed by atoms with E-state index in [1.807, 2.05) is 7.05 Å². The van der Waals surface area contributed by atoms with Crippen molar-refractivity contribution in [2.75, 3.05) is 26.7 Å². The van der Waals surface area contributed by atoms with Gasteiger partial charge >= 0.3 is 0 Å². The van der Waals surface area contributed by atoms with Gasteiger partial charge in [0.1, 0.15) is 0 Å². The van der Waals surface area contributed by atoms with E-state index >= 15 is 0 Å². The van der Waals surface area contributed by atoms with Crippen LogP contribution in [0.1, 0.15) is 25.7 Å². The molecule has 0 aromatic rings. The van der Waals surface area contributed by atoms with E-state index in [-0.39, 0.29) is 24.4 Å². The molecule has 5 heteroatoms. The van der Waals surface area contributed by atoms with Gasteiger partial charge in [-0.2, -0.15) is 0 Å². The van der Waals surface area contributed by atoms with E-state index in [4.69, 9.17) is 10.5 Å². The molecule has 0 radical (unpaired) electrons. The van der Waals surface area contributed by atoms with Crippen LogP contribution in [0.15, 0.2) is 0 Å². The molecule has 90 valence electrons. The molecule has 1 fully saturated rings. The van der Waals surface area contributed by atoms with Crippen LogP contribution in [0.25, 0.3) is 0 Å². The molecule has 1 heterocycles. The smallest absolute Gasteiger partial charge is 0.223 e. The van der Waals surface area contributed by atoms with Crippen LogP contribution in [0.4, 0.5) is 0 Å². The molecular weight excluding hydrogens is 216 g/mol. The number of rotatable bonds is 4. The fraction of sp³-hybridized carbons (Fsp3) is 0.900. The number of carbonyl (C=O) groups is 1. The maximum absolute atomic E-state index is 11.4. The van der Waals surface area contributed by atoms with Gasteiger partial charge in [0.15, 0.2) is 0 Å². The fourth-order valence-corrected chi connectivity index (χ4v) is 1.67. The Morgan fingerprint density at radius 1 is 1.53 bits per heavy atom. The lowest BCUT2D eigenvalue weighted by Crippen LogP contribution is -2.37. The summed E-state index contributed by atoms with van der Waals surface area (Å²) in [6, 6.07) is 0. The van der Waals surface area contributed by atoms with Gasteiger partial charge in [0, 0.05) is 33.2 Å². The summed E-state index contributed by atoms with van der Waals surface area (Å²) >= 11 is 0. The van der Waals surface area contributed by atoms with Gasteiger partial charge in [-0.3, -0.25) is 4.79 Å². The molecule has 0 saturated carbocycles. The average molecular weight is 237 g/mol. The number of hydrogen-bond donors (Lipinski definition) is 1. The molecule has 1 aliphatic rings. The third-order valence-corrected chi connectivity index (χ3v) is 2.54. The Morgan fingerprint density at radius 2 is 2.27 bits per heavy atom. The summed E-state index contributed by atoms with van der Waals surface area (Å²) in [4.78, 5) is 13.1. The average Bonchev–Trinajstić information content (AvgIpc) is 2.19. The minimum absolute atomic E-state index is 0. The first-order valence-electron chi connectivity index (χ1n) is 5.29. The number of likely N-dealkylation sites (N-methyl/N-ethyl adjacent to an activating group) is 1. The lowest BCUT2D eigenvalue weighted by Gasteiger charge is -2.27. The lowest BCUT2D eigenvalue weighted by atomic mass is 10.1. The van der Waals surface area contributed by atoms with Crippen molar-refractivity contribution >= 4 is 18.3 Å². The number of ether oxygens (including phenoxy) is 1. The van der Waals surface area contributed by atoms with Gasteiger partial charge in [-0.15, -0.1) is 12.4 Å². The van der Waals surface area contributed by atoms with Crippen LogP contribution in [0.3, 0.4) is 0 Å². The van der Waals surface area contributed by atoms with Crippen molar-refractivity contribution in [2.45, 2.75) is 31.8 Å². The van der Waals surface area contributed by atoms with Crippen molar-refractivity contribution in [2.24, 2.45) is 5.73 Å². The van der Waals surface area contributed by atoms with Crippen LogP contribution in [0.5, 0.6) is 0 Å². The quantitative estimate of drug-likeness (QED) is 0.785. The molecule has 1 rings (SSSR count). The molecule has 0 aromatic heterocycles. The highest BCUT2D eigenvalue weighted by Crippen LogP contribution is 2.13. The second kappa shape index (κ2) is 7.91. The van der Waals surface area contributed by atoms with Crippen LogP contribution in [0, 0.1) is 0 Å². The zero-order valence-corrected chi connectivity index (χ0v) is 10.1. The monoisotopic (exact) mass is 236 g/mol. The van der Waals surface area contributed by atoms with Crippen molar-refractivity contribution < 1.29 is 9.53 Å². The number of halogens is 1. The summed E-state index contributed by atoms with van der Waals surface area (Å²) in [5, 5.41) is 0. The van der Waals surface area contributed by atoms with E-state index in [2.05, 4.69) is 0 Å². The molecule has 15 heavy (non-hydrogen) atoms. The largest absolute Gasteiger partial charge is 0.376 e. The van der Waals surface area contributed by atoms with Gasteiger partial charge in [0.05, 0.1) is 6.10 Å². The van der Waals surface area contributed by atoms with E-state index in [1.54, 1.807) is 4.90 Å². The molecule has 0 spiro atoms. The van der Waals surface area contributed by atoms with Crippen LogP contribution in [0.2, 0.25) is 0 Å². The fourth-order valence-electron chi connectivity index (χ4n) is 1.67. The lowest BCUT2D eigenvalue weighted by molar-refractivity contribution is -0.132. The van der Waals surface area contributed by atoms with E-state index in [0.29, 0.717) is 19.5 Å². The molecular formula is C10H21ClN2O2. The highest BCUT2D eigenvalue weighted by Gasteiger charge is 2.17. The Kier molecular flexibility index (Phi) is 7.74. The second-order valence-electron chi connectivity index (χ2n) is 3.80. The first-order valence-corrected chi connectivity index (χ1v) is 5.29. The van der Waals surface area contributed by atoms with E-state index < -0.39 is 0 Å². The normalized spacial score (nSPS) is 20.5. The molecule has 1 amide bonds. The number of carbonyl (C=O) groups excluding carboxylic acids is 1. The summed E-state index contributed by atoms with van der Waals surface area (Å²) in [6.07, 6.45) is 4.10. The van der Waals surface area contributed by atoms with Crippen molar-refractivity contribution in [3.05, 3.63) is 0 Å². The standard InChI is InChI=1S/C10H20N2O2.ClH/c1-12(10(13)5-6-11)8-9-4-2-3-7-14-9;/h9H,2-8,11H2,1H3;1H. The third kappa shape index (κ3) is 5.35. The third-order valence-electron chi connectivity index (χ3n) is 2.54. The highest BCUT2D eigenvalue weighted by molar-refractivity contribution is 5.85. The summed E-state index contributed by atoms with van der Waals surface area (Å²) < 4.78 is 5.55. The zero-order chi connectivity index (χ0) is 10.4. The van der Waals surface area contributed by atoms with Gasteiger partial charge in [0.25, 0.3) is 0 Å².